The van der Waals surface area contributed by atoms with E-state index in [1.54, 1.807) is 0 Å². The summed E-state index contributed by atoms with van der Waals surface area (Å²) in [4.78, 5) is 11.5. The average Bonchev–Trinajstić information content (AvgIpc) is 2.49. The Bertz CT molecular complexity index is 317. The maximum absolute atomic E-state index is 11.5. The first-order valence-electron chi connectivity index (χ1n) is 9.05. The normalized spacial score (nSPS) is 11.9. The molecule has 0 saturated heterocycles. The van der Waals surface area contributed by atoms with Gasteiger partial charge in [0.1, 0.15) is 6.61 Å². The Morgan fingerprint density at radius 2 is 1.28 bits per heavy atom. The van der Waals surface area contributed by atoms with E-state index in [9.17, 15) is 4.79 Å². The standard InChI is InChI=1S/C18H37NO6/c1-16(2)25-8-6-7-21-9-10-22-11-12-23-13-14-24-15-17(20)19-18(3,4)5/h16H,6-15H2,1-5H3,(H,19,20). The van der Waals surface area contributed by atoms with Crippen molar-refractivity contribution in [2.45, 2.75) is 52.7 Å². The van der Waals surface area contributed by atoms with Crippen molar-refractivity contribution in [3.63, 3.8) is 0 Å². The van der Waals surface area contributed by atoms with Gasteiger partial charge in [0.05, 0.1) is 45.7 Å². The molecule has 1 N–H and O–H groups in total. The summed E-state index contributed by atoms with van der Waals surface area (Å²) in [5, 5.41) is 2.83. The molecule has 0 radical (unpaired) electrons. The van der Waals surface area contributed by atoms with E-state index in [1.807, 2.05) is 34.6 Å². The number of nitrogens with one attached hydrogen (secondary N) is 1. The third-order valence-electron chi connectivity index (χ3n) is 2.75. The van der Waals surface area contributed by atoms with Gasteiger partial charge in [-0.1, -0.05) is 0 Å². The first kappa shape index (κ1) is 24.3. The predicted octanol–water partition coefficient (Wildman–Crippen LogP) is 1.78. The molecule has 0 saturated carbocycles. The van der Waals surface area contributed by atoms with Gasteiger partial charge in [-0.3, -0.25) is 4.79 Å². The molecule has 25 heavy (non-hydrogen) atoms. The third kappa shape index (κ3) is 21.2. The van der Waals surface area contributed by atoms with Crippen LogP contribution in [0, 0.1) is 0 Å². The summed E-state index contributed by atoms with van der Waals surface area (Å²) < 4.78 is 26.8. The van der Waals surface area contributed by atoms with Gasteiger partial charge in [-0.05, 0) is 41.0 Å². The molecule has 150 valence electrons. The molecule has 0 spiro atoms. The summed E-state index contributed by atoms with van der Waals surface area (Å²) >= 11 is 0. The number of amides is 1. The molecular formula is C18H37NO6. The van der Waals surface area contributed by atoms with Crippen LogP contribution >= 0.6 is 0 Å². The fraction of sp³-hybridized carbons (Fsp3) is 0.944. The van der Waals surface area contributed by atoms with E-state index in [4.69, 9.17) is 23.7 Å². The van der Waals surface area contributed by atoms with Crippen molar-refractivity contribution in [2.24, 2.45) is 0 Å². The molecule has 0 aromatic rings. The van der Waals surface area contributed by atoms with Crippen molar-refractivity contribution in [1.29, 1.82) is 0 Å². The monoisotopic (exact) mass is 363 g/mol. The van der Waals surface area contributed by atoms with Crippen molar-refractivity contribution < 1.29 is 28.5 Å². The lowest BCUT2D eigenvalue weighted by molar-refractivity contribution is -0.127. The van der Waals surface area contributed by atoms with Gasteiger partial charge >= 0.3 is 0 Å². The lowest BCUT2D eigenvalue weighted by Gasteiger charge is -2.20. The highest BCUT2D eigenvalue weighted by Crippen LogP contribution is 1.97. The quantitative estimate of drug-likeness (QED) is 0.421. The maximum Gasteiger partial charge on any atom is 0.246 e. The Morgan fingerprint density at radius 3 is 1.76 bits per heavy atom. The number of carbonyl (C=O) groups is 1. The Hall–Kier alpha value is -0.730. The van der Waals surface area contributed by atoms with E-state index in [1.165, 1.54) is 0 Å². The minimum absolute atomic E-state index is 0.0523. The second-order valence-electron chi connectivity index (χ2n) is 6.96. The highest BCUT2D eigenvalue weighted by Gasteiger charge is 2.13. The average molecular weight is 363 g/mol. The second-order valence-corrected chi connectivity index (χ2v) is 6.96. The van der Waals surface area contributed by atoms with Crippen molar-refractivity contribution in [3.8, 4) is 0 Å². The van der Waals surface area contributed by atoms with Crippen LogP contribution in [0.5, 0.6) is 0 Å². The molecule has 7 nitrogen and oxygen atoms in total. The topological polar surface area (TPSA) is 75.2 Å². The van der Waals surface area contributed by atoms with Gasteiger partial charge in [0, 0.05) is 18.8 Å². The molecule has 1 amide bonds. The van der Waals surface area contributed by atoms with Gasteiger partial charge < -0.3 is 29.0 Å². The fourth-order valence-electron chi connectivity index (χ4n) is 1.76. The molecule has 0 aliphatic heterocycles. The maximum atomic E-state index is 11.5. The summed E-state index contributed by atoms with van der Waals surface area (Å²) in [7, 11) is 0. The number of rotatable bonds is 16. The zero-order valence-electron chi connectivity index (χ0n) is 16.6. The molecule has 0 heterocycles. The van der Waals surface area contributed by atoms with Crippen LogP contribution in [0.4, 0.5) is 0 Å². The minimum atomic E-state index is -0.236. The van der Waals surface area contributed by atoms with Gasteiger partial charge in [0.25, 0.3) is 0 Å². The highest BCUT2D eigenvalue weighted by atomic mass is 16.6. The van der Waals surface area contributed by atoms with Gasteiger partial charge in [-0.15, -0.1) is 0 Å². The van der Waals surface area contributed by atoms with E-state index < -0.39 is 0 Å². The van der Waals surface area contributed by atoms with Crippen molar-refractivity contribution in [1.82, 2.24) is 5.32 Å². The number of hydrogen-bond acceptors (Lipinski definition) is 6. The molecule has 0 rings (SSSR count). The fourth-order valence-corrected chi connectivity index (χ4v) is 1.76. The van der Waals surface area contributed by atoms with Gasteiger partial charge in [-0.2, -0.15) is 0 Å². The van der Waals surface area contributed by atoms with Crippen LogP contribution in [0.2, 0.25) is 0 Å². The van der Waals surface area contributed by atoms with Crippen LogP contribution in [-0.2, 0) is 28.5 Å². The van der Waals surface area contributed by atoms with Gasteiger partial charge in [-0.25, -0.2) is 0 Å². The molecule has 0 aromatic heterocycles. The van der Waals surface area contributed by atoms with Crippen molar-refractivity contribution in [2.75, 3.05) is 59.5 Å². The van der Waals surface area contributed by atoms with Crippen LogP contribution in [-0.4, -0.2) is 77.0 Å². The van der Waals surface area contributed by atoms with Gasteiger partial charge in [0.15, 0.2) is 0 Å². The van der Waals surface area contributed by atoms with Crippen LogP contribution in [0.25, 0.3) is 0 Å². The first-order valence-corrected chi connectivity index (χ1v) is 9.05. The summed E-state index contributed by atoms with van der Waals surface area (Å²) in [6.45, 7) is 14.3. The van der Waals surface area contributed by atoms with Crippen molar-refractivity contribution >= 4 is 5.91 Å². The van der Waals surface area contributed by atoms with E-state index in [0.717, 1.165) is 13.0 Å². The summed E-state index contributed by atoms with van der Waals surface area (Å²) in [6, 6.07) is 0. The molecule has 0 atom stereocenters. The Labute approximate surface area is 152 Å². The lowest BCUT2D eigenvalue weighted by Crippen LogP contribution is -2.42. The summed E-state index contributed by atoms with van der Waals surface area (Å²) in [6.07, 6.45) is 1.17. The van der Waals surface area contributed by atoms with E-state index >= 15 is 0 Å². The smallest absolute Gasteiger partial charge is 0.246 e. The first-order chi connectivity index (χ1) is 11.8. The van der Waals surface area contributed by atoms with E-state index in [-0.39, 0.29) is 24.2 Å². The largest absolute Gasteiger partial charge is 0.379 e. The van der Waals surface area contributed by atoms with Crippen LogP contribution in [0.1, 0.15) is 41.0 Å². The SMILES string of the molecule is CC(C)OCCCOCCOCCOCCOCC(=O)NC(C)(C)C. The van der Waals surface area contributed by atoms with Gasteiger partial charge in [0.2, 0.25) is 5.91 Å². The zero-order valence-corrected chi connectivity index (χ0v) is 16.6. The number of carbonyl (C=O) groups excluding carboxylic acids is 1. The number of hydrogen-bond donors (Lipinski definition) is 1. The number of ether oxygens (including phenoxy) is 5. The summed E-state index contributed by atoms with van der Waals surface area (Å²) in [5.41, 5.74) is -0.236. The molecule has 7 heteroatoms. The minimum Gasteiger partial charge on any atom is -0.379 e. The molecule has 0 aliphatic carbocycles. The Morgan fingerprint density at radius 1 is 0.800 bits per heavy atom. The van der Waals surface area contributed by atoms with E-state index in [2.05, 4.69) is 5.32 Å². The summed E-state index contributed by atoms with van der Waals surface area (Å²) in [5.74, 6) is -0.119. The third-order valence-corrected chi connectivity index (χ3v) is 2.75. The Balaban J connectivity index is 3.16. The zero-order chi connectivity index (χ0) is 19.0. The molecule has 0 aromatic carbocycles. The van der Waals surface area contributed by atoms with Crippen LogP contribution in [0.3, 0.4) is 0 Å². The predicted molar refractivity (Wildman–Crippen MR) is 96.9 cm³/mol. The Kier molecular flexibility index (Phi) is 15.1. The molecule has 0 unspecified atom stereocenters. The van der Waals surface area contributed by atoms with Crippen LogP contribution in [0.15, 0.2) is 0 Å². The second kappa shape index (κ2) is 15.5. The molecular weight excluding hydrogens is 326 g/mol. The molecule has 0 aliphatic rings. The van der Waals surface area contributed by atoms with Crippen LogP contribution < -0.4 is 5.32 Å². The van der Waals surface area contributed by atoms with E-state index in [0.29, 0.717) is 46.2 Å². The lowest BCUT2D eigenvalue weighted by atomic mass is 10.1. The highest BCUT2D eigenvalue weighted by molar-refractivity contribution is 5.77. The molecule has 0 fully saturated rings. The molecule has 0 bridgehead atoms. The van der Waals surface area contributed by atoms with Crippen molar-refractivity contribution in [3.05, 3.63) is 0 Å².